The number of halogens is 3. The number of benzene rings is 1. The minimum Gasteiger partial charge on any atom is -0.334 e. The lowest BCUT2D eigenvalue weighted by Crippen LogP contribution is -2.40. The van der Waals surface area contributed by atoms with Gasteiger partial charge in [-0.25, -0.2) is 0 Å². The highest BCUT2D eigenvalue weighted by molar-refractivity contribution is 5.79. The van der Waals surface area contributed by atoms with Gasteiger partial charge in [-0.2, -0.15) is 13.2 Å². The lowest BCUT2D eigenvalue weighted by atomic mass is 10.1. The predicted octanol–water partition coefficient (Wildman–Crippen LogP) is 3.54. The second-order valence-corrected chi connectivity index (χ2v) is 7.08. The van der Waals surface area contributed by atoms with E-state index < -0.39 is 11.7 Å². The largest absolute Gasteiger partial charge is 0.416 e. The van der Waals surface area contributed by atoms with Crippen LogP contribution < -0.4 is 0 Å². The Hall–Kier alpha value is -1.56. The average molecular weight is 340 g/mol. The van der Waals surface area contributed by atoms with Crippen LogP contribution >= 0.6 is 0 Å². The van der Waals surface area contributed by atoms with Gasteiger partial charge in [0.1, 0.15) is 0 Å². The highest BCUT2D eigenvalue weighted by atomic mass is 19.4. The molecule has 1 heterocycles. The summed E-state index contributed by atoms with van der Waals surface area (Å²) in [5, 5.41) is 0. The van der Waals surface area contributed by atoms with E-state index in [2.05, 4.69) is 11.8 Å². The molecule has 1 aliphatic heterocycles. The molecule has 0 N–H and O–H groups in total. The van der Waals surface area contributed by atoms with Gasteiger partial charge in [0.2, 0.25) is 5.91 Å². The lowest BCUT2D eigenvalue weighted by Gasteiger charge is -2.25. The van der Waals surface area contributed by atoms with Crippen LogP contribution in [0.5, 0.6) is 0 Å². The van der Waals surface area contributed by atoms with Crippen molar-refractivity contribution >= 4 is 5.91 Å². The molecule has 1 saturated carbocycles. The van der Waals surface area contributed by atoms with Crippen LogP contribution in [0, 0.1) is 5.92 Å². The second kappa shape index (κ2) is 6.75. The van der Waals surface area contributed by atoms with E-state index >= 15 is 0 Å². The molecular formula is C18H23F3N2O. The molecule has 1 aromatic rings. The highest BCUT2D eigenvalue weighted by Crippen LogP contribution is 2.31. The molecule has 1 aliphatic carbocycles. The number of hydrogen-bond acceptors (Lipinski definition) is 2. The fourth-order valence-electron chi connectivity index (χ4n) is 3.25. The molecule has 0 bridgehead atoms. The Morgan fingerprint density at radius 3 is 2.38 bits per heavy atom. The van der Waals surface area contributed by atoms with Gasteiger partial charge in [0.05, 0.1) is 12.1 Å². The number of amides is 1. The Labute approximate surface area is 140 Å². The third-order valence-corrected chi connectivity index (χ3v) is 4.81. The topological polar surface area (TPSA) is 23.6 Å². The summed E-state index contributed by atoms with van der Waals surface area (Å²) in [4.78, 5) is 16.6. The van der Waals surface area contributed by atoms with Crippen LogP contribution in [-0.4, -0.2) is 41.4 Å². The molecule has 2 aliphatic rings. The third kappa shape index (κ3) is 4.29. The van der Waals surface area contributed by atoms with Crippen LogP contribution in [0.1, 0.15) is 37.3 Å². The van der Waals surface area contributed by atoms with Crippen LogP contribution in [0.25, 0.3) is 0 Å². The average Bonchev–Trinajstić information content (AvgIpc) is 3.27. The normalized spacial score (nSPS) is 21.9. The minimum absolute atomic E-state index is 0.0893. The van der Waals surface area contributed by atoms with Gasteiger partial charge >= 0.3 is 6.18 Å². The standard InChI is InChI=1S/C18H23F3N2O/c1-13-8-9-22(10-13)12-17(24)23(16-6-7-16)11-14-2-4-15(5-3-14)18(19,20)21/h2-5,13,16H,6-12H2,1H3. The summed E-state index contributed by atoms with van der Waals surface area (Å²) in [6.45, 7) is 4.90. The highest BCUT2D eigenvalue weighted by Gasteiger charge is 2.34. The van der Waals surface area contributed by atoms with Crippen molar-refractivity contribution in [3.05, 3.63) is 35.4 Å². The molecule has 1 aromatic carbocycles. The van der Waals surface area contributed by atoms with Crippen molar-refractivity contribution in [2.75, 3.05) is 19.6 Å². The Balaban J connectivity index is 1.62. The van der Waals surface area contributed by atoms with E-state index in [0.29, 0.717) is 19.0 Å². The van der Waals surface area contributed by atoms with Gasteiger partial charge in [0.25, 0.3) is 0 Å². The first kappa shape index (κ1) is 17.3. The summed E-state index contributed by atoms with van der Waals surface area (Å²) in [6, 6.07) is 5.38. The number of hydrogen-bond donors (Lipinski definition) is 0. The summed E-state index contributed by atoms with van der Waals surface area (Å²) in [5.74, 6) is 0.716. The first-order chi connectivity index (χ1) is 11.3. The van der Waals surface area contributed by atoms with Crippen LogP contribution in [-0.2, 0) is 17.5 Å². The number of carbonyl (C=O) groups excluding carboxylic acids is 1. The Kier molecular flexibility index (Phi) is 4.85. The van der Waals surface area contributed by atoms with E-state index in [1.54, 1.807) is 0 Å². The van der Waals surface area contributed by atoms with Gasteiger partial charge in [0, 0.05) is 19.1 Å². The maximum atomic E-state index is 12.6. The van der Waals surface area contributed by atoms with Crippen LogP contribution in [0.2, 0.25) is 0 Å². The fourth-order valence-corrected chi connectivity index (χ4v) is 3.25. The number of rotatable bonds is 5. The van der Waals surface area contributed by atoms with E-state index in [1.807, 2.05) is 4.90 Å². The smallest absolute Gasteiger partial charge is 0.334 e. The third-order valence-electron chi connectivity index (χ3n) is 4.81. The minimum atomic E-state index is -4.32. The van der Waals surface area contributed by atoms with E-state index in [0.717, 1.165) is 50.0 Å². The van der Waals surface area contributed by atoms with Crippen LogP contribution in [0.3, 0.4) is 0 Å². The molecule has 3 nitrogen and oxygen atoms in total. The molecule has 1 unspecified atom stereocenters. The molecule has 1 amide bonds. The lowest BCUT2D eigenvalue weighted by molar-refractivity contribution is -0.137. The van der Waals surface area contributed by atoms with Gasteiger partial charge in [-0.1, -0.05) is 19.1 Å². The number of carbonyl (C=O) groups is 1. The Bertz CT molecular complexity index is 581. The van der Waals surface area contributed by atoms with Crippen molar-refractivity contribution in [2.45, 2.75) is 44.9 Å². The molecule has 1 atom stereocenters. The first-order valence-electron chi connectivity index (χ1n) is 8.51. The quantitative estimate of drug-likeness (QED) is 0.819. The van der Waals surface area contributed by atoms with E-state index in [4.69, 9.17) is 0 Å². The Morgan fingerprint density at radius 1 is 1.21 bits per heavy atom. The van der Waals surface area contributed by atoms with Gasteiger partial charge in [-0.05, 0) is 49.4 Å². The van der Waals surface area contributed by atoms with Gasteiger partial charge < -0.3 is 4.90 Å². The first-order valence-corrected chi connectivity index (χ1v) is 8.51. The molecular weight excluding hydrogens is 317 g/mol. The number of nitrogens with zero attached hydrogens (tertiary/aromatic N) is 2. The second-order valence-electron chi connectivity index (χ2n) is 7.08. The van der Waals surface area contributed by atoms with E-state index in [-0.39, 0.29) is 11.9 Å². The Morgan fingerprint density at radius 2 is 1.88 bits per heavy atom. The molecule has 3 rings (SSSR count). The van der Waals surface area contributed by atoms with Crippen molar-refractivity contribution in [3.8, 4) is 0 Å². The summed E-state index contributed by atoms with van der Waals surface area (Å²) in [5.41, 5.74) is 0.0969. The monoisotopic (exact) mass is 340 g/mol. The van der Waals surface area contributed by atoms with Gasteiger partial charge in [-0.3, -0.25) is 9.69 Å². The molecule has 1 saturated heterocycles. The summed E-state index contributed by atoms with van der Waals surface area (Å²) >= 11 is 0. The molecule has 0 aromatic heterocycles. The molecule has 132 valence electrons. The van der Waals surface area contributed by atoms with Crippen molar-refractivity contribution < 1.29 is 18.0 Å². The SMILES string of the molecule is CC1CCN(CC(=O)N(Cc2ccc(C(F)(F)F)cc2)C2CC2)C1. The molecule has 24 heavy (non-hydrogen) atoms. The van der Waals surface area contributed by atoms with E-state index in [1.165, 1.54) is 12.1 Å². The van der Waals surface area contributed by atoms with Crippen molar-refractivity contribution in [1.82, 2.24) is 9.80 Å². The number of likely N-dealkylation sites (tertiary alicyclic amines) is 1. The van der Waals surface area contributed by atoms with Crippen molar-refractivity contribution in [3.63, 3.8) is 0 Å². The molecule has 2 fully saturated rings. The zero-order valence-corrected chi connectivity index (χ0v) is 13.9. The molecule has 0 spiro atoms. The van der Waals surface area contributed by atoms with Crippen molar-refractivity contribution in [1.29, 1.82) is 0 Å². The molecule has 6 heteroatoms. The van der Waals surface area contributed by atoms with Gasteiger partial charge in [-0.15, -0.1) is 0 Å². The maximum absolute atomic E-state index is 12.6. The van der Waals surface area contributed by atoms with Gasteiger partial charge in [0.15, 0.2) is 0 Å². The van der Waals surface area contributed by atoms with Crippen LogP contribution in [0.15, 0.2) is 24.3 Å². The summed E-state index contributed by atoms with van der Waals surface area (Å²) in [7, 11) is 0. The van der Waals surface area contributed by atoms with Crippen molar-refractivity contribution in [2.24, 2.45) is 5.92 Å². The number of alkyl halides is 3. The zero-order valence-electron chi connectivity index (χ0n) is 13.9. The van der Waals surface area contributed by atoms with Crippen LogP contribution in [0.4, 0.5) is 13.2 Å². The zero-order chi connectivity index (χ0) is 17.3. The molecule has 0 radical (unpaired) electrons. The maximum Gasteiger partial charge on any atom is 0.416 e. The fraction of sp³-hybridized carbons (Fsp3) is 0.611. The van der Waals surface area contributed by atoms with E-state index in [9.17, 15) is 18.0 Å². The summed E-state index contributed by atoms with van der Waals surface area (Å²) in [6.07, 6.45) is -1.22. The summed E-state index contributed by atoms with van der Waals surface area (Å²) < 4.78 is 37.9. The predicted molar refractivity (Wildman–Crippen MR) is 85.2 cm³/mol.